The minimum atomic E-state index is -0.615. The van der Waals surface area contributed by atoms with Crippen LogP contribution in [0.15, 0.2) is 48.5 Å². The number of nitrogens with one attached hydrogen (secondary N) is 1. The van der Waals surface area contributed by atoms with Crippen LogP contribution < -0.4 is 14.8 Å². The molecule has 2 heterocycles. The van der Waals surface area contributed by atoms with Crippen LogP contribution in [0.25, 0.3) is 6.08 Å². The van der Waals surface area contributed by atoms with E-state index in [-0.39, 0.29) is 19.9 Å². The monoisotopic (exact) mass is 481 g/mol. The van der Waals surface area contributed by atoms with Crippen LogP contribution in [0.5, 0.6) is 11.5 Å². The summed E-state index contributed by atoms with van der Waals surface area (Å²) in [5.74, 6) is 0.301. The van der Waals surface area contributed by atoms with Crippen LogP contribution in [0, 0.1) is 13.8 Å². The normalized spacial score (nSPS) is 12.2. The smallest absolute Gasteiger partial charge is 0.331 e. The highest BCUT2D eigenvalue weighted by molar-refractivity contribution is 6.31. The summed E-state index contributed by atoms with van der Waals surface area (Å²) in [5, 5.41) is 7.93. The number of amides is 1. The molecule has 2 aromatic carbocycles. The van der Waals surface area contributed by atoms with Crippen molar-refractivity contribution >= 4 is 29.6 Å². The fourth-order valence-electron chi connectivity index (χ4n) is 3.53. The molecule has 1 aromatic heterocycles. The number of aromatic nitrogens is 2. The number of benzene rings is 2. The summed E-state index contributed by atoms with van der Waals surface area (Å²) < 4.78 is 17.5. The number of esters is 1. The lowest BCUT2D eigenvalue weighted by Gasteiger charge is -2.07. The molecule has 1 amide bonds. The van der Waals surface area contributed by atoms with E-state index in [9.17, 15) is 9.59 Å². The zero-order valence-electron chi connectivity index (χ0n) is 18.8. The number of aryl methyl sites for hydroxylation is 1. The number of rotatable bonds is 8. The molecular weight excluding hydrogens is 458 g/mol. The molecule has 1 aliphatic rings. The largest absolute Gasteiger partial charge is 0.454 e. The Bertz CT molecular complexity index is 1250. The van der Waals surface area contributed by atoms with Crippen LogP contribution in [0.4, 0.5) is 0 Å². The second-order valence-corrected chi connectivity index (χ2v) is 8.15. The van der Waals surface area contributed by atoms with E-state index in [0.717, 1.165) is 28.1 Å². The summed E-state index contributed by atoms with van der Waals surface area (Å²) in [6.07, 6.45) is 2.94. The quantitative estimate of drug-likeness (QED) is 0.388. The standard InChI is InChI=1S/C25H24ClN3O5/c1-16-20(17(2)29(28-16)13-19-5-3-4-6-21(19)26)8-10-25(31)32-14-24(30)27-12-18-7-9-22-23(11-18)34-15-33-22/h3-11H,12-15H2,1-2H3,(H,27,30)/b10-8+. The van der Waals surface area contributed by atoms with E-state index in [1.54, 1.807) is 18.2 Å². The van der Waals surface area contributed by atoms with Gasteiger partial charge in [0.1, 0.15) is 0 Å². The predicted octanol–water partition coefficient (Wildman–Crippen LogP) is 3.80. The van der Waals surface area contributed by atoms with Gasteiger partial charge in [0, 0.05) is 28.9 Å². The van der Waals surface area contributed by atoms with Gasteiger partial charge in [0.05, 0.1) is 12.2 Å². The molecule has 176 valence electrons. The summed E-state index contributed by atoms with van der Waals surface area (Å²) >= 11 is 6.26. The highest BCUT2D eigenvalue weighted by atomic mass is 35.5. The number of carbonyl (C=O) groups is 2. The average Bonchev–Trinajstić information content (AvgIpc) is 3.40. The van der Waals surface area contributed by atoms with Gasteiger partial charge in [-0.15, -0.1) is 0 Å². The minimum absolute atomic E-state index is 0.190. The number of carbonyl (C=O) groups excluding carboxylic acids is 2. The molecule has 0 bridgehead atoms. The first-order chi connectivity index (χ1) is 16.4. The zero-order chi connectivity index (χ0) is 24.1. The molecular formula is C25H24ClN3O5. The highest BCUT2D eigenvalue weighted by Gasteiger charge is 2.14. The summed E-state index contributed by atoms with van der Waals surface area (Å²) in [4.78, 5) is 24.2. The summed E-state index contributed by atoms with van der Waals surface area (Å²) in [7, 11) is 0. The van der Waals surface area contributed by atoms with E-state index in [1.165, 1.54) is 6.08 Å². The Labute approximate surface area is 202 Å². The summed E-state index contributed by atoms with van der Waals surface area (Å²) in [5.41, 5.74) is 4.29. The van der Waals surface area contributed by atoms with Crippen LogP contribution >= 0.6 is 11.6 Å². The number of hydrogen-bond acceptors (Lipinski definition) is 6. The summed E-state index contributed by atoms with van der Waals surface area (Å²) in [6.45, 7) is 4.41. The first kappa shape index (κ1) is 23.4. The van der Waals surface area contributed by atoms with Crippen molar-refractivity contribution in [1.29, 1.82) is 0 Å². The number of fused-ring (bicyclic) bond motifs is 1. The van der Waals surface area contributed by atoms with Gasteiger partial charge in [-0.25, -0.2) is 4.79 Å². The lowest BCUT2D eigenvalue weighted by Crippen LogP contribution is -2.28. The van der Waals surface area contributed by atoms with Gasteiger partial charge in [-0.1, -0.05) is 35.9 Å². The van der Waals surface area contributed by atoms with Gasteiger partial charge in [-0.05, 0) is 49.2 Å². The van der Waals surface area contributed by atoms with Crippen molar-refractivity contribution < 1.29 is 23.8 Å². The zero-order valence-corrected chi connectivity index (χ0v) is 19.6. The van der Waals surface area contributed by atoms with Crippen LogP contribution in [-0.2, 0) is 27.4 Å². The Balaban J connectivity index is 1.28. The summed E-state index contributed by atoms with van der Waals surface area (Å²) in [6, 6.07) is 13.0. The minimum Gasteiger partial charge on any atom is -0.454 e. The predicted molar refractivity (Wildman–Crippen MR) is 127 cm³/mol. The van der Waals surface area contributed by atoms with Crippen molar-refractivity contribution in [2.45, 2.75) is 26.9 Å². The molecule has 0 radical (unpaired) electrons. The van der Waals surface area contributed by atoms with Gasteiger partial charge in [0.2, 0.25) is 6.79 Å². The van der Waals surface area contributed by atoms with Crippen molar-refractivity contribution in [1.82, 2.24) is 15.1 Å². The molecule has 1 N–H and O–H groups in total. The molecule has 0 atom stereocenters. The molecule has 3 aromatic rings. The van der Waals surface area contributed by atoms with E-state index in [2.05, 4.69) is 10.4 Å². The van der Waals surface area contributed by atoms with E-state index in [1.807, 2.05) is 48.9 Å². The van der Waals surface area contributed by atoms with Gasteiger partial charge in [0.15, 0.2) is 18.1 Å². The van der Waals surface area contributed by atoms with Gasteiger partial charge in [-0.3, -0.25) is 9.48 Å². The van der Waals surface area contributed by atoms with Crippen molar-refractivity contribution in [3.63, 3.8) is 0 Å². The first-order valence-corrected chi connectivity index (χ1v) is 11.1. The molecule has 0 aliphatic carbocycles. The maximum absolute atomic E-state index is 12.1. The number of halogens is 1. The SMILES string of the molecule is Cc1nn(Cc2ccccc2Cl)c(C)c1/C=C/C(=O)OCC(=O)NCc1ccc2c(c1)OCO2. The van der Waals surface area contributed by atoms with Crippen LogP contribution in [0.1, 0.15) is 28.1 Å². The Morgan fingerprint density at radius 3 is 2.79 bits per heavy atom. The number of ether oxygens (including phenoxy) is 3. The average molecular weight is 482 g/mol. The second-order valence-electron chi connectivity index (χ2n) is 7.74. The third kappa shape index (κ3) is 5.58. The van der Waals surface area contributed by atoms with Gasteiger partial charge in [0.25, 0.3) is 5.91 Å². The third-order valence-electron chi connectivity index (χ3n) is 5.37. The second kappa shape index (κ2) is 10.4. The molecule has 4 rings (SSSR count). The molecule has 0 saturated carbocycles. The van der Waals surface area contributed by atoms with Crippen molar-refractivity contribution in [2.75, 3.05) is 13.4 Å². The fourth-order valence-corrected chi connectivity index (χ4v) is 3.73. The highest BCUT2D eigenvalue weighted by Crippen LogP contribution is 2.32. The van der Waals surface area contributed by atoms with Crippen LogP contribution in [0.2, 0.25) is 5.02 Å². The number of nitrogens with zero attached hydrogens (tertiary/aromatic N) is 2. The Morgan fingerprint density at radius 1 is 1.18 bits per heavy atom. The Hall–Kier alpha value is -3.78. The molecule has 9 heteroatoms. The van der Waals surface area contributed by atoms with Gasteiger partial charge >= 0.3 is 5.97 Å². The van der Waals surface area contributed by atoms with E-state index < -0.39 is 11.9 Å². The Kier molecular flexibility index (Phi) is 7.18. The molecule has 34 heavy (non-hydrogen) atoms. The van der Waals surface area contributed by atoms with Crippen molar-refractivity contribution in [3.05, 3.63) is 81.6 Å². The molecule has 0 spiro atoms. The van der Waals surface area contributed by atoms with Crippen LogP contribution in [0.3, 0.4) is 0 Å². The van der Waals surface area contributed by atoms with Crippen molar-refractivity contribution in [2.24, 2.45) is 0 Å². The van der Waals surface area contributed by atoms with Crippen LogP contribution in [-0.4, -0.2) is 35.1 Å². The first-order valence-electron chi connectivity index (χ1n) is 10.7. The van der Waals surface area contributed by atoms with E-state index >= 15 is 0 Å². The number of hydrogen-bond donors (Lipinski definition) is 1. The van der Waals surface area contributed by atoms with Gasteiger partial charge < -0.3 is 19.5 Å². The molecule has 8 nitrogen and oxygen atoms in total. The van der Waals surface area contributed by atoms with Gasteiger partial charge in [-0.2, -0.15) is 5.10 Å². The third-order valence-corrected chi connectivity index (χ3v) is 5.74. The molecule has 0 saturated heterocycles. The lowest BCUT2D eigenvalue weighted by molar-refractivity contribution is -0.143. The molecule has 0 unspecified atom stereocenters. The van der Waals surface area contributed by atoms with E-state index in [0.29, 0.717) is 23.1 Å². The fraction of sp³-hybridized carbons (Fsp3) is 0.240. The van der Waals surface area contributed by atoms with Crippen molar-refractivity contribution in [3.8, 4) is 11.5 Å². The molecule has 0 fully saturated rings. The van der Waals surface area contributed by atoms with E-state index in [4.69, 9.17) is 25.8 Å². The maximum Gasteiger partial charge on any atom is 0.331 e. The topological polar surface area (TPSA) is 91.7 Å². The Morgan fingerprint density at radius 2 is 1.97 bits per heavy atom. The maximum atomic E-state index is 12.1. The molecule has 1 aliphatic heterocycles. The lowest BCUT2D eigenvalue weighted by atomic mass is 10.1.